The number of fused-ring (bicyclic) bond motifs is 3. The predicted molar refractivity (Wildman–Crippen MR) is 123 cm³/mol. The van der Waals surface area contributed by atoms with Crippen LogP contribution in [0.15, 0.2) is 36.7 Å². The molecule has 1 N–H and O–H groups in total. The molecule has 1 unspecified atom stereocenters. The van der Waals surface area contributed by atoms with E-state index in [-0.39, 0.29) is 11.8 Å². The molecule has 5 heterocycles. The van der Waals surface area contributed by atoms with Gasteiger partial charge >= 0.3 is 0 Å². The topological polar surface area (TPSA) is 65.8 Å². The Labute approximate surface area is 183 Å². The molecular formula is C24H32N6O. The highest BCUT2D eigenvalue weighted by atomic mass is 16.1. The summed E-state index contributed by atoms with van der Waals surface area (Å²) in [4.78, 5) is 26.9. The lowest BCUT2D eigenvalue weighted by Gasteiger charge is -2.34. The van der Waals surface area contributed by atoms with E-state index in [0.717, 1.165) is 68.1 Å². The van der Waals surface area contributed by atoms with Crippen molar-refractivity contribution in [2.75, 3.05) is 37.6 Å². The van der Waals surface area contributed by atoms with Gasteiger partial charge in [-0.1, -0.05) is 6.42 Å². The molecule has 2 aliphatic heterocycles. The van der Waals surface area contributed by atoms with Crippen molar-refractivity contribution in [1.82, 2.24) is 24.6 Å². The van der Waals surface area contributed by atoms with Crippen molar-refractivity contribution in [3.8, 4) is 0 Å². The van der Waals surface area contributed by atoms with E-state index >= 15 is 0 Å². The van der Waals surface area contributed by atoms with Crippen molar-refractivity contribution in [3.63, 3.8) is 0 Å². The van der Waals surface area contributed by atoms with E-state index in [1.807, 2.05) is 12.1 Å². The van der Waals surface area contributed by atoms with Crippen LogP contribution in [-0.2, 0) is 4.79 Å². The third-order valence-corrected chi connectivity index (χ3v) is 7.02. The second kappa shape index (κ2) is 8.83. The van der Waals surface area contributed by atoms with Gasteiger partial charge in [0.05, 0.1) is 11.0 Å². The molecule has 0 radical (unpaired) electrons. The number of hydrogen-bond acceptors (Lipinski definition) is 5. The lowest BCUT2D eigenvalue weighted by atomic mass is 9.96. The molecule has 0 spiro atoms. The molecule has 31 heavy (non-hydrogen) atoms. The Morgan fingerprint density at radius 1 is 1.10 bits per heavy atom. The molecule has 7 heteroatoms. The fourth-order valence-corrected chi connectivity index (χ4v) is 5.14. The average molecular weight is 421 g/mol. The van der Waals surface area contributed by atoms with Crippen molar-refractivity contribution in [3.05, 3.63) is 36.7 Å². The van der Waals surface area contributed by atoms with Crippen LogP contribution in [0.5, 0.6) is 0 Å². The Balaban J connectivity index is 1.19. The van der Waals surface area contributed by atoms with Gasteiger partial charge in [-0.15, -0.1) is 0 Å². The number of anilines is 1. The zero-order valence-corrected chi connectivity index (χ0v) is 18.3. The molecule has 0 aliphatic carbocycles. The minimum Gasteiger partial charge on any atom is -0.355 e. The number of piperidine rings is 2. The Kier molecular flexibility index (Phi) is 5.76. The minimum atomic E-state index is 0.0939. The van der Waals surface area contributed by atoms with Gasteiger partial charge < -0.3 is 14.6 Å². The zero-order valence-electron chi connectivity index (χ0n) is 18.3. The van der Waals surface area contributed by atoms with Gasteiger partial charge in [0.1, 0.15) is 0 Å². The van der Waals surface area contributed by atoms with E-state index in [0.29, 0.717) is 6.04 Å². The second-order valence-corrected chi connectivity index (χ2v) is 8.98. The lowest BCUT2D eigenvalue weighted by molar-refractivity contribution is -0.125. The number of amides is 1. The first kappa shape index (κ1) is 20.2. The van der Waals surface area contributed by atoms with E-state index < -0.39 is 0 Å². The number of hydrogen-bond donors (Lipinski definition) is 1. The first-order valence-electron chi connectivity index (χ1n) is 11.7. The first-order valence-corrected chi connectivity index (χ1v) is 11.7. The largest absolute Gasteiger partial charge is 0.355 e. The van der Waals surface area contributed by atoms with Gasteiger partial charge in [0, 0.05) is 50.5 Å². The van der Waals surface area contributed by atoms with E-state index in [1.165, 1.54) is 19.3 Å². The van der Waals surface area contributed by atoms with Gasteiger partial charge in [0.25, 0.3) is 0 Å². The number of pyridine rings is 1. The van der Waals surface area contributed by atoms with Crippen LogP contribution in [0.2, 0.25) is 0 Å². The molecule has 0 saturated carbocycles. The fourth-order valence-electron chi connectivity index (χ4n) is 5.14. The third-order valence-electron chi connectivity index (χ3n) is 7.02. The fraction of sp³-hybridized carbons (Fsp3) is 0.542. The highest BCUT2D eigenvalue weighted by Crippen LogP contribution is 2.28. The summed E-state index contributed by atoms with van der Waals surface area (Å²) in [6, 6.07) is 8.79. The molecule has 0 bridgehead atoms. The summed E-state index contributed by atoms with van der Waals surface area (Å²) < 4.78 is 2.16. The summed E-state index contributed by atoms with van der Waals surface area (Å²) in [6.45, 7) is 6.87. The van der Waals surface area contributed by atoms with Crippen molar-refractivity contribution in [2.45, 2.75) is 45.1 Å². The Morgan fingerprint density at radius 2 is 1.94 bits per heavy atom. The third kappa shape index (κ3) is 4.11. The molecule has 2 aliphatic rings. The Bertz CT molecular complexity index is 1050. The van der Waals surface area contributed by atoms with Crippen molar-refractivity contribution < 1.29 is 4.79 Å². The number of nitrogens with one attached hydrogen (secondary N) is 1. The molecule has 2 saturated heterocycles. The predicted octanol–water partition coefficient (Wildman–Crippen LogP) is 3.09. The van der Waals surface area contributed by atoms with E-state index in [9.17, 15) is 4.79 Å². The Hall–Kier alpha value is -2.67. The number of carbonyl (C=O) groups excluding carboxylic acids is 1. The Morgan fingerprint density at radius 3 is 2.77 bits per heavy atom. The quantitative estimate of drug-likeness (QED) is 0.687. The number of carbonyl (C=O) groups is 1. The summed E-state index contributed by atoms with van der Waals surface area (Å²) in [5, 5.41) is 3.20. The number of nitrogens with zero attached hydrogens (tertiary/aromatic N) is 5. The van der Waals surface area contributed by atoms with Crippen molar-refractivity contribution in [2.24, 2.45) is 5.92 Å². The van der Waals surface area contributed by atoms with Crippen LogP contribution in [0.4, 0.5) is 5.82 Å². The van der Waals surface area contributed by atoms with Crippen molar-refractivity contribution >= 4 is 28.4 Å². The van der Waals surface area contributed by atoms with E-state index in [1.54, 1.807) is 6.20 Å². The summed E-state index contributed by atoms with van der Waals surface area (Å²) in [6.07, 6.45) is 9.47. The van der Waals surface area contributed by atoms with Crippen LogP contribution in [-0.4, -0.2) is 63.9 Å². The van der Waals surface area contributed by atoms with Crippen LogP contribution >= 0.6 is 0 Å². The zero-order chi connectivity index (χ0) is 21.2. The molecule has 0 aromatic carbocycles. The van der Waals surface area contributed by atoms with E-state index in [2.05, 4.69) is 49.8 Å². The maximum Gasteiger partial charge on any atom is 0.223 e. The summed E-state index contributed by atoms with van der Waals surface area (Å²) in [5.41, 5.74) is 2.87. The molecule has 1 atom stereocenters. The smallest absolute Gasteiger partial charge is 0.223 e. The molecule has 7 nitrogen and oxygen atoms in total. The molecule has 3 aromatic rings. The number of rotatable bonds is 5. The standard InChI is InChI=1S/C24H32N6O/c1-18-6-2-3-13-28(18)17-12-26-24(31)19-9-15-29(16-10-19)23-21-8-5-14-30(21)20-7-4-11-25-22(20)27-23/h4-5,7-8,11,14,18-19H,2-3,6,9-10,12-13,15-17H2,1H3,(H,26,31). The van der Waals surface area contributed by atoms with Gasteiger partial charge in [-0.2, -0.15) is 0 Å². The summed E-state index contributed by atoms with van der Waals surface area (Å²) in [5.74, 6) is 1.27. The van der Waals surface area contributed by atoms with Gasteiger partial charge in [0.2, 0.25) is 5.91 Å². The van der Waals surface area contributed by atoms with E-state index in [4.69, 9.17) is 4.98 Å². The summed E-state index contributed by atoms with van der Waals surface area (Å²) >= 11 is 0. The summed E-state index contributed by atoms with van der Waals surface area (Å²) in [7, 11) is 0. The highest BCUT2D eigenvalue weighted by Gasteiger charge is 2.27. The molecule has 1 amide bonds. The maximum absolute atomic E-state index is 12.7. The van der Waals surface area contributed by atoms with Crippen LogP contribution in [0.25, 0.3) is 16.7 Å². The molecule has 3 aromatic heterocycles. The van der Waals surface area contributed by atoms with Crippen LogP contribution in [0.1, 0.15) is 39.0 Å². The number of aromatic nitrogens is 3. The van der Waals surface area contributed by atoms with Gasteiger partial charge in [-0.05, 0) is 63.4 Å². The van der Waals surface area contributed by atoms with Crippen LogP contribution < -0.4 is 10.2 Å². The molecule has 164 valence electrons. The normalized spacial score (nSPS) is 21.1. The second-order valence-electron chi connectivity index (χ2n) is 8.98. The van der Waals surface area contributed by atoms with Crippen molar-refractivity contribution in [1.29, 1.82) is 0 Å². The molecule has 2 fully saturated rings. The SMILES string of the molecule is CC1CCCCN1CCNC(=O)C1CCN(c2nc3ncccc3n3cccc23)CC1. The average Bonchev–Trinajstić information content (AvgIpc) is 3.30. The monoisotopic (exact) mass is 420 g/mol. The van der Waals surface area contributed by atoms with Crippen LogP contribution in [0, 0.1) is 5.92 Å². The van der Waals surface area contributed by atoms with Gasteiger partial charge in [-0.25, -0.2) is 9.97 Å². The molecular weight excluding hydrogens is 388 g/mol. The van der Waals surface area contributed by atoms with Gasteiger partial charge in [0.15, 0.2) is 11.5 Å². The highest BCUT2D eigenvalue weighted by molar-refractivity contribution is 5.83. The molecule has 5 rings (SSSR count). The first-order chi connectivity index (χ1) is 15.2. The maximum atomic E-state index is 12.7. The van der Waals surface area contributed by atoms with Gasteiger partial charge in [-0.3, -0.25) is 9.69 Å². The lowest BCUT2D eigenvalue weighted by Crippen LogP contribution is -2.45. The number of likely N-dealkylation sites (tertiary alicyclic amines) is 1. The minimum absolute atomic E-state index is 0.0939. The van der Waals surface area contributed by atoms with Crippen LogP contribution in [0.3, 0.4) is 0 Å².